The van der Waals surface area contributed by atoms with Gasteiger partial charge in [0.25, 0.3) is 0 Å². The maximum atomic E-state index is 10.6. The number of amides is 1. The van der Waals surface area contributed by atoms with Crippen molar-refractivity contribution in [3.63, 3.8) is 0 Å². The minimum atomic E-state index is -0.367. The highest BCUT2D eigenvalue weighted by atomic mass is 16.1. The van der Waals surface area contributed by atoms with Crippen LogP contribution in [0.25, 0.3) is 0 Å². The van der Waals surface area contributed by atoms with E-state index in [-0.39, 0.29) is 5.91 Å². The standard InChI is InChI=1S/C13H21NO/c1-13(2,3)11-7-4-10(5-8-11)6-9-12(14)15/h4,6,9,11H,5,7-8H2,1-3H3,(H2,14,15)/b9-6+. The van der Waals surface area contributed by atoms with Gasteiger partial charge in [0.15, 0.2) is 0 Å². The molecule has 1 aliphatic rings. The molecule has 0 bridgehead atoms. The van der Waals surface area contributed by atoms with E-state index in [0.717, 1.165) is 18.8 Å². The smallest absolute Gasteiger partial charge is 0.241 e. The van der Waals surface area contributed by atoms with Crippen LogP contribution in [-0.4, -0.2) is 5.91 Å². The lowest BCUT2D eigenvalue weighted by Gasteiger charge is -2.32. The van der Waals surface area contributed by atoms with E-state index < -0.39 is 0 Å². The molecule has 0 saturated heterocycles. The second-order valence-corrected chi connectivity index (χ2v) is 5.35. The first-order valence-corrected chi connectivity index (χ1v) is 5.56. The predicted octanol–water partition coefficient (Wildman–Crippen LogP) is 2.80. The van der Waals surface area contributed by atoms with E-state index in [9.17, 15) is 4.79 Å². The summed E-state index contributed by atoms with van der Waals surface area (Å²) in [5.41, 5.74) is 6.68. The van der Waals surface area contributed by atoms with Gasteiger partial charge in [-0.15, -0.1) is 0 Å². The third kappa shape index (κ3) is 3.90. The maximum absolute atomic E-state index is 10.6. The fourth-order valence-electron chi connectivity index (χ4n) is 1.98. The fourth-order valence-corrected chi connectivity index (χ4v) is 1.98. The summed E-state index contributed by atoms with van der Waals surface area (Å²) >= 11 is 0. The van der Waals surface area contributed by atoms with Crippen LogP contribution in [0.4, 0.5) is 0 Å². The van der Waals surface area contributed by atoms with Crippen molar-refractivity contribution < 1.29 is 4.79 Å². The normalized spacial score (nSPS) is 22.9. The van der Waals surface area contributed by atoms with Crippen molar-refractivity contribution in [2.75, 3.05) is 0 Å². The molecular weight excluding hydrogens is 186 g/mol. The van der Waals surface area contributed by atoms with Crippen LogP contribution >= 0.6 is 0 Å². The molecule has 2 nitrogen and oxygen atoms in total. The number of hydrogen-bond donors (Lipinski definition) is 1. The Morgan fingerprint density at radius 2 is 2.20 bits per heavy atom. The van der Waals surface area contributed by atoms with Gasteiger partial charge in [0.05, 0.1) is 0 Å². The molecule has 2 N–H and O–H groups in total. The van der Waals surface area contributed by atoms with E-state index in [1.165, 1.54) is 18.1 Å². The van der Waals surface area contributed by atoms with Gasteiger partial charge < -0.3 is 5.73 Å². The largest absolute Gasteiger partial charge is 0.366 e. The molecule has 84 valence electrons. The number of allylic oxidation sites excluding steroid dienone is 3. The van der Waals surface area contributed by atoms with Crippen LogP contribution in [0.3, 0.4) is 0 Å². The number of carbonyl (C=O) groups excluding carboxylic acids is 1. The Morgan fingerprint density at radius 1 is 1.53 bits per heavy atom. The van der Waals surface area contributed by atoms with E-state index in [4.69, 9.17) is 5.73 Å². The van der Waals surface area contributed by atoms with Gasteiger partial charge in [0, 0.05) is 6.08 Å². The molecule has 0 aromatic heterocycles. The predicted molar refractivity (Wildman–Crippen MR) is 63.2 cm³/mol. The van der Waals surface area contributed by atoms with Crippen LogP contribution in [0, 0.1) is 11.3 Å². The Morgan fingerprint density at radius 3 is 2.60 bits per heavy atom. The number of hydrogen-bond acceptors (Lipinski definition) is 1. The molecule has 1 aliphatic carbocycles. The van der Waals surface area contributed by atoms with Gasteiger partial charge in [-0.1, -0.05) is 38.5 Å². The van der Waals surface area contributed by atoms with Crippen LogP contribution < -0.4 is 5.73 Å². The summed E-state index contributed by atoms with van der Waals surface area (Å²) < 4.78 is 0. The first-order valence-electron chi connectivity index (χ1n) is 5.56. The summed E-state index contributed by atoms with van der Waals surface area (Å²) in [5, 5.41) is 0. The van der Waals surface area contributed by atoms with Crippen LogP contribution in [-0.2, 0) is 4.79 Å². The Bertz CT molecular complexity index is 294. The highest BCUT2D eigenvalue weighted by Gasteiger charge is 2.25. The summed E-state index contributed by atoms with van der Waals surface area (Å²) in [7, 11) is 0. The van der Waals surface area contributed by atoms with Crippen LogP contribution in [0.5, 0.6) is 0 Å². The number of nitrogens with two attached hydrogens (primary N) is 1. The topological polar surface area (TPSA) is 43.1 Å². The molecule has 0 aromatic carbocycles. The molecule has 0 saturated carbocycles. The van der Waals surface area contributed by atoms with Crippen molar-refractivity contribution in [3.05, 3.63) is 23.8 Å². The molecule has 2 heteroatoms. The number of rotatable bonds is 2. The number of primary amides is 1. The Hall–Kier alpha value is -1.05. The SMILES string of the molecule is CC(C)(C)C1CC=C(/C=C/C(N)=O)CC1. The minimum Gasteiger partial charge on any atom is -0.366 e. The van der Waals surface area contributed by atoms with Crippen LogP contribution in [0.1, 0.15) is 40.0 Å². The van der Waals surface area contributed by atoms with Gasteiger partial charge in [0.1, 0.15) is 0 Å². The summed E-state index contributed by atoms with van der Waals surface area (Å²) in [6.45, 7) is 6.86. The first kappa shape index (κ1) is 12.0. The summed E-state index contributed by atoms with van der Waals surface area (Å²) in [6, 6.07) is 0. The minimum absolute atomic E-state index is 0.367. The average Bonchev–Trinajstić information content (AvgIpc) is 2.14. The lowest BCUT2D eigenvalue weighted by Crippen LogP contribution is -2.22. The highest BCUT2D eigenvalue weighted by Crippen LogP contribution is 2.37. The van der Waals surface area contributed by atoms with E-state index in [0.29, 0.717) is 5.41 Å². The first-order chi connectivity index (χ1) is 6.89. The van der Waals surface area contributed by atoms with Crippen molar-refractivity contribution in [1.82, 2.24) is 0 Å². The molecule has 0 spiro atoms. The van der Waals surface area contributed by atoms with Crippen LogP contribution in [0.15, 0.2) is 23.8 Å². The van der Waals surface area contributed by atoms with Gasteiger partial charge in [-0.3, -0.25) is 4.79 Å². The quantitative estimate of drug-likeness (QED) is 0.695. The molecule has 1 unspecified atom stereocenters. The van der Waals surface area contributed by atoms with Gasteiger partial charge in [0.2, 0.25) is 5.91 Å². The van der Waals surface area contributed by atoms with Crippen molar-refractivity contribution in [3.8, 4) is 0 Å². The van der Waals surface area contributed by atoms with E-state index >= 15 is 0 Å². The summed E-state index contributed by atoms with van der Waals surface area (Å²) in [4.78, 5) is 10.6. The Balaban J connectivity index is 2.56. The number of carbonyl (C=O) groups is 1. The Labute approximate surface area is 92.2 Å². The second-order valence-electron chi connectivity index (χ2n) is 5.35. The van der Waals surface area contributed by atoms with Crippen molar-refractivity contribution in [1.29, 1.82) is 0 Å². The monoisotopic (exact) mass is 207 g/mol. The molecule has 0 aliphatic heterocycles. The maximum Gasteiger partial charge on any atom is 0.241 e. The molecule has 1 atom stereocenters. The van der Waals surface area contributed by atoms with Crippen LogP contribution in [0.2, 0.25) is 0 Å². The molecule has 15 heavy (non-hydrogen) atoms. The van der Waals surface area contributed by atoms with Gasteiger partial charge in [-0.2, -0.15) is 0 Å². The Kier molecular flexibility index (Phi) is 3.72. The zero-order chi connectivity index (χ0) is 11.5. The van der Waals surface area contributed by atoms with Gasteiger partial charge in [-0.25, -0.2) is 0 Å². The van der Waals surface area contributed by atoms with Gasteiger partial charge in [-0.05, 0) is 30.6 Å². The summed E-state index contributed by atoms with van der Waals surface area (Å²) in [5.74, 6) is 0.386. The van der Waals surface area contributed by atoms with E-state index in [2.05, 4.69) is 26.8 Å². The van der Waals surface area contributed by atoms with Crippen molar-refractivity contribution in [2.45, 2.75) is 40.0 Å². The molecular formula is C13H21NO. The highest BCUT2D eigenvalue weighted by molar-refractivity contribution is 5.86. The zero-order valence-corrected chi connectivity index (χ0v) is 9.92. The lowest BCUT2D eigenvalue weighted by molar-refractivity contribution is -0.113. The third-order valence-electron chi connectivity index (χ3n) is 3.13. The average molecular weight is 207 g/mol. The molecule has 0 radical (unpaired) electrons. The molecule has 0 aromatic rings. The summed E-state index contributed by atoms with van der Waals surface area (Å²) in [6.07, 6.45) is 8.91. The molecule has 1 rings (SSSR count). The lowest BCUT2D eigenvalue weighted by atomic mass is 9.73. The van der Waals surface area contributed by atoms with Crippen molar-refractivity contribution >= 4 is 5.91 Å². The van der Waals surface area contributed by atoms with Crippen molar-refractivity contribution in [2.24, 2.45) is 17.1 Å². The van der Waals surface area contributed by atoms with E-state index in [1.54, 1.807) is 0 Å². The van der Waals surface area contributed by atoms with Gasteiger partial charge >= 0.3 is 0 Å². The molecule has 0 heterocycles. The van der Waals surface area contributed by atoms with E-state index in [1.807, 2.05) is 6.08 Å². The second kappa shape index (κ2) is 4.65. The zero-order valence-electron chi connectivity index (χ0n) is 9.92. The molecule has 0 fully saturated rings. The third-order valence-corrected chi connectivity index (χ3v) is 3.13. The molecule has 1 amide bonds. The fraction of sp³-hybridized carbons (Fsp3) is 0.615.